The van der Waals surface area contributed by atoms with Gasteiger partial charge in [-0.05, 0) is 18.1 Å². The number of halogens is 1. The van der Waals surface area contributed by atoms with Gasteiger partial charge in [-0.15, -0.1) is 0 Å². The van der Waals surface area contributed by atoms with E-state index >= 15 is 0 Å². The number of carbonyl (C=O) groups is 1. The van der Waals surface area contributed by atoms with Crippen LogP contribution in [0.3, 0.4) is 0 Å². The Labute approximate surface area is 112 Å². The van der Waals surface area contributed by atoms with Crippen molar-refractivity contribution in [3.05, 3.63) is 23.2 Å². The number of amides is 1. The molecule has 18 heavy (non-hydrogen) atoms. The fourth-order valence-corrected chi connectivity index (χ4v) is 1.62. The van der Waals surface area contributed by atoms with Crippen LogP contribution in [0.15, 0.2) is 18.2 Å². The number of anilines is 1. The topological polar surface area (TPSA) is 64.4 Å². The van der Waals surface area contributed by atoms with Crippen LogP contribution in [0.5, 0.6) is 5.75 Å². The fraction of sp³-hybridized carbons (Fsp3) is 0.462. The summed E-state index contributed by atoms with van der Waals surface area (Å²) in [5.41, 5.74) is 6.37. The first kappa shape index (κ1) is 14.8. The summed E-state index contributed by atoms with van der Waals surface area (Å²) in [5.74, 6) is 0.515. The van der Waals surface area contributed by atoms with Gasteiger partial charge in [0.25, 0.3) is 0 Å². The van der Waals surface area contributed by atoms with E-state index in [0.717, 1.165) is 6.42 Å². The minimum atomic E-state index is -0.544. The summed E-state index contributed by atoms with van der Waals surface area (Å²) in [7, 11) is 1.56. The Morgan fingerprint density at radius 2 is 2.22 bits per heavy atom. The summed E-state index contributed by atoms with van der Waals surface area (Å²) < 4.78 is 5.08. The first-order chi connectivity index (χ1) is 8.49. The Morgan fingerprint density at radius 1 is 1.56 bits per heavy atom. The van der Waals surface area contributed by atoms with Crippen molar-refractivity contribution < 1.29 is 9.53 Å². The minimum Gasteiger partial charge on any atom is -0.497 e. The van der Waals surface area contributed by atoms with Crippen LogP contribution < -0.4 is 15.8 Å². The van der Waals surface area contributed by atoms with Gasteiger partial charge in [-0.25, -0.2) is 0 Å². The van der Waals surface area contributed by atoms with Crippen molar-refractivity contribution in [2.45, 2.75) is 26.3 Å². The molecule has 0 aliphatic heterocycles. The fourth-order valence-electron chi connectivity index (χ4n) is 1.46. The normalized spacial score (nSPS) is 13.8. The van der Waals surface area contributed by atoms with Crippen LogP contribution in [0.1, 0.15) is 20.3 Å². The van der Waals surface area contributed by atoms with Crippen LogP contribution in [0.4, 0.5) is 5.69 Å². The number of methoxy groups -OCH3 is 1. The maximum atomic E-state index is 11.9. The lowest BCUT2D eigenvalue weighted by Gasteiger charge is -2.18. The summed E-state index contributed by atoms with van der Waals surface area (Å²) in [6.07, 6.45) is 0.848. The number of ether oxygens (including phenoxy) is 1. The molecular formula is C13H19ClN2O2. The first-order valence-corrected chi connectivity index (χ1v) is 6.27. The van der Waals surface area contributed by atoms with Crippen LogP contribution >= 0.6 is 11.6 Å². The molecule has 0 aromatic heterocycles. The third-order valence-electron chi connectivity index (χ3n) is 2.99. The molecule has 0 heterocycles. The largest absolute Gasteiger partial charge is 0.497 e. The highest BCUT2D eigenvalue weighted by Crippen LogP contribution is 2.27. The van der Waals surface area contributed by atoms with Crippen molar-refractivity contribution in [3.8, 4) is 5.75 Å². The molecule has 4 nitrogen and oxygen atoms in total. The van der Waals surface area contributed by atoms with Crippen molar-refractivity contribution >= 4 is 23.2 Å². The van der Waals surface area contributed by atoms with E-state index in [0.29, 0.717) is 16.5 Å². The Kier molecular flexibility index (Phi) is 5.44. The summed E-state index contributed by atoms with van der Waals surface area (Å²) in [4.78, 5) is 11.9. The number of benzene rings is 1. The molecule has 0 radical (unpaired) electrons. The molecule has 2 atom stereocenters. The zero-order valence-corrected chi connectivity index (χ0v) is 11.6. The van der Waals surface area contributed by atoms with Crippen molar-refractivity contribution in [2.75, 3.05) is 12.4 Å². The average Bonchev–Trinajstić information content (AvgIpc) is 2.39. The molecule has 0 fully saturated rings. The molecule has 0 spiro atoms. The quantitative estimate of drug-likeness (QED) is 0.865. The summed E-state index contributed by atoms with van der Waals surface area (Å²) in [5, 5.41) is 3.18. The molecule has 0 bridgehead atoms. The molecule has 0 saturated carbocycles. The van der Waals surface area contributed by atoms with E-state index in [-0.39, 0.29) is 11.8 Å². The van der Waals surface area contributed by atoms with Crippen LogP contribution in [-0.2, 0) is 4.79 Å². The Morgan fingerprint density at radius 3 is 2.78 bits per heavy atom. The zero-order valence-electron chi connectivity index (χ0n) is 10.9. The Bertz CT molecular complexity index is 423. The molecule has 1 aromatic carbocycles. The molecule has 3 N–H and O–H groups in total. The Balaban J connectivity index is 2.81. The molecular weight excluding hydrogens is 252 g/mol. The highest BCUT2D eigenvalue weighted by molar-refractivity contribution is 6.33. The summed E-state index contributed by atoms with van der Waals surface area (Å²) in [6, 6.07) is 4.53. The summed E-state index contributed by atoms with van der Waals surface area (Å²) >= 11 is 6.00. The number of rotatable bonds is 5. The smallest absolute Gasteiger partial charge is 0.241 e. The lowest BCUT2D eigenvalue weighted by Crippen LogP contribution is -2.40. The maximum Gasteiger partial charge on any atom is 0.241 e. The average molecular weight is 271 g/mol. The van der Waals surface area contributed by atoms with Crippen LogP contribution in [-0.4, -0.2) is 19.1 Å². The number of nitrogens with one attached hydrogen (secondary N) is 1. The van der Waals surface area contributed by atoms with Gasteiger partial charge in [0.2, 0.25) is 5.91 Å². The van der Waals surface area contributed by atoms with E-state index in [1.807, 2.05) is 13.8 Å². The van der Waals surface area contributed by atoms with Gasteiger partial charge in [-0.1, -0.05) is 31.9 Å². The number of nitrogens with two attached hydrogens (primary N) is 1. The second kappa shape index (κ2) is 6.61. The minimum absolute atomic E-state index is 0.120. The van der Waals surface area contributed by atoms with Crippen molar-refractivity contribution in [1.29, 1.82) is 0 Å². The predicted molar refractivity (Wildman–Crippen MR) is 74.1 cm³/mol. The number of hydrogen-bond donors (Lipinski definition) is 2. The molecule has 1 amide bonds. The van der Waals surface area contributed by atoms with Crippen LogP contribution in [0.25, 0.3) is 0 Å². The van der Waals surface area contributed by atoms with E-state index < -0.39 is 6.04 Å². The van der Waals surface area contributed by atoms with Crippen LogP contribution in [0, 0.1) is 5.92 Å². The molecule has 1 unspecified atom stereocenters. The molecule has 1 rings (SSSR count). The molecule has 0 aliphatic rings. The van der Waals surface area contributed by atoms with Crippen molar-refractivity contribution in [2.24, 2.45) is 11.7 Å². The lowest BCUT2D eigenvalue weighted by molar-refractivity contribution is -0.118. The Hall–Kier alpha value is -1.26. The lowest BCUT2D eigenvalue weighted by atomic mass is 9.99. The van der Waals surface area contributed by atoms with Gasteiger partial charge in [0.15, 0.2) is 0 Å². The maximum absolute atomic E-state index is 11.9. The van der Waals surface area contributed by atoms with E-state index in [1.54, 1.807) is 25.3 Å². The van der Waals surface area contributed by atoms with E-state index in [2.05, 4.69) is 5.32 Å². The summed E-state index contributed by atoms with van der Waals surface area (Å²) in [6.45, 7) is 3.94. The zero-order chi connectivity index (χ0) is 13.7. The van der Waals surface area contributed by atoms with Gasteiger partial charge in [0.05, 0.1) is 23.9 Å². The van der Waals surface area contributed by atoms with Gasteiger partial charge < -0.3 is 15.8 Å². The predicted octanol–water partition coefficient (Wildman–Crippen LogP) is 2.66. The van der Waals surface area contributed by atoms with E-state index in [4.69, 9.17) is 22.1 Å². The third-order valence-corrected chi connectivity index (χ3v) is 3.32. The van der Waals surface area contributed by atoms with Gasteiger partial charge in [-0.3, -0.25) is 4.79 Å². The van der Waals surface area contributed by atoms with Crippen molar-refractivity contribution in [1.82, 2.24) is 0 Å². The third kappa shape index (κ3) is 3.62. The monoisotopic (exact) mass is 270 g/mol. The highest BCUT2D eigenvalue weighted by Gasteiger charge is 2.20. The molecule has 5 heteroatoms. The van der Waals surface area contributed by atoms with Crippen LogP contribution in [0.2, 0.25) is 5.02 Å². The molecule has 0 saturated heterocycles. The highest BCUT2D eigenvalue weighted by atomic mass is 35.5. The molecule has 100 valence electrons. The second-order valence-electron chi connectivity index (χ2n) is 4.25. The van der Waals surface area contributed by atoms with E-state index in [1.165, 1.54) is 0 Å². The molecule has 1 aromatic rings. The van der Waals surface area contributed by atoms with Crippen molar-refractivity contribution in [3.63, 3.8) is 0 Å². The van der Waals surface area contributed by atoms with Gasteiger partial charge >= 0.3 is 0 Å². The van der Waals surface area contributed by atoms with Gasteiger partial charge in [0, 0.05) is 6.07 Å². The second-order valence-corrected chi connectivity index (χ2v) is 4.65. The van der Waals surface area contributed by atoms with Gasteiger partial charge in [-0.2, -0.15) is 0 Å². The number of carbonyl (C=O) groups excluding carboxylic acids is 1. The number of hydrogen-bond acceptors (Lipinski definition) is 3. The van der Waals surface area contributed by atoms with Gasteiger partial charge in [0.1, 0.15) is 5.75 Å². The van der Waals surface area contributed by atoms with E-state index in [9.17, 15) is 4.79 Å². The standard InChI is InChI=1S/C13H19ClN2O2/c1-4-8(2)12(15)13(17)16-11-7-9(18-3)5-6-10(11)14/h5-8,12H,4,15H2,1-3H3,(H,16,17)/t8?,12-/m0/s1. The first-order valence-electron chi connectivity index (χ1n) is 5.89. The SMILES string of the molecule is CCC(C)[C@H](N)C(=O)Nc1cc(OC)ccc1Cl. The molecule has 0 aliphatic carbocycles.